The zero-order valence-electron chi connectivity index (χ0n) is 6.82. The van der Waals surface area contributed by atoms with E-state index in [2.05, 4.69) is 5.32 Å². The molecule has 0 spiro atoms. The first kappa shape index (κ1) is 8.74. The van der Waals surface area contributed by atoms with Gasteiger partial charge in [0.05, 0.1) is 0 Å². The van der Waals surface area contributed by atoms with Crippen molar-refractivity contribution < 1.29 is 9.90 Å². The molecule has 2 N–H and O–H groups in total. The Kier molecular flexibility index (Phi) is 2.82. The van der Waals surface area contributed by atoms with Crippen LogP contribution in [0.2, 0.25) is 0 Å². The number of benzene rings is 1. The summed E-state index contributed by atoms with van der Waals surface area (Å²) in [7, 11) is 0. The average Bonchev–Trinajstić information content (AvgIpc) is 2.06. The molecule has 1 atom stereocenters. The third kappa shape index (κ3) is 2.36. The molecule has 1 amide bonds. The van der Waals surface area contributed by atoms with Crippen molar-refractivity contribution >= 4 is 11.6 Å². The van der Waals surface area contributed by atoms with E-state index in [1.54, 1.807) is 12.1 Å². The van der Waals surface area contributed by atoms with Crippen molar-refractivity contribution in [3.63, 3.8) is 0 Å². The van der Waals surface area contributed by atoms with E-state index in [1.807, 2.05) is 18.2 Å². The van der Waals surface area contributed by atoms with Crippen LogP contribution in [-0.2, 0) is 4.79 Å². The summed E-state index contributed by atoms with van der Waals surface area (Å²) in [5, 5.41) is 11.4. The van der Waals surface area contributed by atoms with Crippen LogP contribution in [0.4, 0.5) is 5.69 Å². The first-order valence-electron chi connectivity index (χ1n) is 3.74. The van der Waals surface area contributed by atoms with Crippen LogP contribution in [0.1, 0.15) is 6.92 Å². The lowest BCUT2D eigenvalue weighted by Crippen LogP contribution is -2.24. The lowest BCUT2D eigenvalue weighted by Gasteiger charge is -2.05. The summed E-state index contributed by atoms with van der Waals surface area (Å²) in [6.45, 7) is 1.43. The monoisotopic (exact) mass is 165 g/mol. The number of amides is 1. The SMILES string of the molecule is C[C@@H](O)C(=O)Nc1ccccc1. The van der Waals surface area contributed by atoms with Crippen molar-refractivity contribution in [3.8, 4) is 0 Å². The molecule has 3 heteroatoms. The zero-order valence-corrected chi connectivity index (χ0v) is 6.82. The summed E-state index contributed by atoms with van der Waals surface area (Å²) in [4.78, 5) is 11.0. The molecular weight excluding hydrogens is 154 g/mol. The van der Waals surface area contributed by atoms with Crippen molar-refractivity contribution in [2.75, 3.05) is 5.32 Å². The molecular formula is C9H11NO2. The van der Waals surface area contributed by atoms with Crippen molar-refractivity contribution in [2.24, 2.45) is 0 Å². The molecule has 64 valence electrons. The fraction of sp³-hybridized carbons (Fsp3) is 0.222. The molecule has 0 aliphatic rings. The second-order valence-corrected chi connectivity index (χ2v) is 2.53. The van der Waals surface area contributed by atoms with Crippen LogP contribution >= 0.6 is 0 Å². The Hall–Kier alpha value is -1.35. The van der Waals surface area contributed by atoms with Crippen LogP contribution in [0.5, 0.6) is 0 Å². The number of carbonyl (C=O) groups is 1. The number of carbonyl (C=O) groups excluding carboxylic acids is 1. The molecule has 0 saturated carbocycles. The highest BCUT2D eigenvalue weighted by atomic mass is 16.3. The number of para-hydroxylation sites is 1. The van der Waals surface area contributed by atoms with Gasteiger partial charge in [-0.15, -0.1) is 0 Å². The number of nitrogens with one attached hydrogen (secondary N) is 1. The summed E-state index contributed by atoms with van der Waals surface area (Å²) in [5.41, 5.74) is 0.698. The topological polar surface area (TPSA) is 49.3 Å². The molecule has 0 bridgehead atoms. The minimum Gasteiger partial charge on any atom is -0.384 e. The molecule has 12 heavy (non-hydrogen) atoms. The van der Waals surface area contributed by atoms with Gasteiger partial charge < -0.3 is 10.4 Å². The fourth-order valence-electron chi connectivity index (χ4n) is 0.768. The lowest BCUT2D eigenvalue weighted by molar-refractivity contribution is -0.123. The molecule has 0 saturated heterocycles. The van der Waals surface area contributed by atoms with Crippen LogP contribution in [-0.4, -0.2) is 17.1 Å². The minimum atomic E-state index is -0.967. The Labute approximate surface area is 71.0 Å². The predicted molar refractivity (Wildman–Crippen MR) is 46.8 cm³/mol. The molecule has 0 unspecified atom stereocenters. The van der Waals surface area contributed by atoms with Gasteiger partial charge in [-0.25, -0.2) is 0 Å². The molecule has 0 heterocycles. The molecule has 0 aromatic heterocycles. The van der Waals surface area contributed by atoms with E-state index >= 15 is 0 Å². The Morgan fingerprint density at radius 1 is 1.42 bits per heavy atom. The quantitative estimate of drug-likeness (QED) is 0.687. The Bertz CT molecular complexity index is 256. The third-order valence-electron chi connectivity index (χ3n) is 1.42. The third-order valence-corrected chi connectivity index (χ3v) is 1.42. The second-order valence-electron chi connectivity index (χ2n) is 2.53. The average molecular weight is 165 g/mol. The van der Waals surface area contributed by atoms with Crippen LogP contribution < -0.4 is 5.32 Å². The van der Waals surface area contributed by atoms with E-state index in [4.69, 9.17) is 5.11 Å². The maximum Gasteiger partial charge on any atom is 0.252 e. The maximum atomic E-state index is 11.0. The van der Waals surface area contributed by atoms with Crippen molar-refractivity contribution in [1.29, 1.82) is 0 Å². The van der Waals surface area contributed by atoms with E-state index in [0.29, 0.717) is 5.69 Å². The standard InChI is InChI=1S/C9H11NO2/c1-7(11)9(12)10-8-5-3-2-4-6-8/h2-7,11H,1H3,(H,10,12)/t7-/m1/s1. The number of aliphatic hydroxyl groups excluding tert-OH is 1. The molecule has 1 rings (SSSR count). The van der Waals surface area contributed by atoms with Gasteiger partial charge in [-0.2, -0.15) is 0 Å². The normalized spacial score (nSPS) is 12.2. The van der Waals surface area contributed by atoms with E-state index in [-0.39, 0.29) is 5.91 Å². The highest BCUT2D eigenvalue weighted by Crippen LogP contribution is 2.04. The van der Waals surface area contributed by atoms with E-state index in [9.17, 15) is 4.79 Å². The van der Waals surface area contributed by atoms with Crippen molar-refractivity contribution in [3.05, 3.63) is 30.3 Å². The summed E-state index contributed by atoms with van der Waals surface area (Å²) in [5.74, 6) is -0.388. The molecule has 0 fully saturated rings. The summed E-state index contributed by atoms with van der Waals surface area (Å²) < 4.78 is 0. The maximum absolute atomic E-state index is 11.0. The van der Waals surface area contributed by atoms with Gasteiger partial charge in [0.2, 0.25) is 0 Å². The van der Waals surface area contributed by atoms with Crippen LogP contribution in [0.3, 0.4) is 0 Å². The highest BCUT2D eigenvalue weighted by Gasteiger charge is 2.07. The smallest absolute Gasteiger partial charge is 0.252 e. The van der Waals surface area contributed by atoms with Gasteiger partial charge in [0.15, 0.2) is 0 Å². The number of anilines is 1. The lowest BCUT2D eigenvalue weighted by atomic mass is 10.3. The van der Waals surface area contributed by atoms with Crippen molar-refractivity contribution in [1.82, 2.24) is 0 Å². The first-order valence-corrected chi connectivity index (χ1v) is 3.74. The number of aliphatic hydroxyl groups is 1. The van der Waals surface area contributed by atoms with Gasteiger partial charge >= 0.3 is 0 Å². The molecule has 0 aliphatic carbocycles. The Morgan fingerprint density at radius 3 is 2.50 bits per heavy atom. The number of hydrogen-bond donors (Lipinski definition) is 2. The fourth-order valence-corrected chi connectivity index (χ4v) is 0.768. The van der Waals surface area contributed by atoms with Crippen LogP contribution in [0, 0.1) is 0 Å². The van der Waals surface area contributed by atoms with Crippen molar-refractivity contribution in [2.45, 2.75) is 13.0 Å². The van der Waals surface area contributed by atoms with Crippen LogP contribution in [0.25, 0.3) is 0 Å². The van der Waals surface area contributed by atoms with E-state index in [1.165, 1.54) is 6.92 Å². The zero-order chi connectivity index (χ0) is 8.97. The molecule has 1 aromatic carbocycles. The second kappa shape index (κ2) is 3.88. The molecule has 3 nitrogen and oxygen atoms in total. The summed E-state index contributed by atoms with van der Waals surface area (Å²) in [6, 6.07) is 9.02. The molecule has 0 aliphatic heterocycles. The Balaban J connectivity index is 2.59. The molecule has 0 radical (unpaired) electrons. The van der Waals surface area contributed by atoms with E-state index in [0.717, 1.165) is 0 Å². The largest absolute Gasteiger partial charge is 0.384 e. The van der Waals surface area contributed by atoms with Gasteiger partial charge in [-0.1, -0.05) is 18.2 Å². The van der Waals surface area contributed by atoms with Gasteiger partial charge in [-0.3, -0.25) is 4.79 Å². The van der Waals surface area contributed by atoms with Crippen LogP contribution in [0.15, 0.2) is 30.3 Å². The minimum absolute atomic E-state index is 0.388. The summed E-state index contributed by atoms with van der Waals surface area (Å²) in [6.07, 6.45) is -0.967. The first-order chi connectivity index (χ1) is 5.70. The number of hydrogen-bond acceptors (Lipinski definition) is 2. The van der Waals surface area contributed by atoms with Gasteiger partial charge in [-0.05, 0) is 19.1 Å². The Morgan fingerprint density at radius 2 is 2.00 bits per heavy atom. The van der Waals surface area contributed by atoms with Gasteiger partial charge in [0.1, 0.15) is 6.10 Å². The summed E-state index contributed by atoms with van der Waals surface area (Å²) >= 11 is 0. The predicted octanol–water partition coefficient (Wildman–Crippen LogP) is 1.01. The van der Waals surface area contributed by atoms with Gasteiger partial charge in [0.25, 0.3) is 5.91 Å². The molecule has 1 aromatic rings. The number of rotatable bonds is 2. The highest BCUT2D eigenvalue weighted by molar-refractivity contribution is 5.93. The van der Waals surface area contributed by atoms with Gasteiger partial charge in [0, 0.05) is 5.69 Å². The van der Waals surface area contributed by atoms with E-state index < -0.39 is 6.10 Å².